The first-order valence-corrected chi connectivity index (χ1v) is 7.84. The van der Waals surface area contributed by atoms with Crippen LogP contribution in [-0.2, 0) is 6.54 Å². The van der Waals surface area contributed by atoms with Crippen LogP contribution in [0.5, 0.6) is 5.75 Å². The summed E-state index contributed by atoms with van der Waals surface area (Å²) >= 11 is 0. The van der Waals surface area contributed by atoms with Crippen molar-refractivity contribution in [2.45, 2.75) is 33.4 Å². The highest BCUT2D eigenvalue weighted by molar-refractivity contribution is 5.55. The van der Waals surface area contributed by atoms with Gasteiger partial charge in [-0.1, -0.05) is 42.5 Å². The lowest BCUT2D eigenvalue weighted by Gasteiger charge is -2.10. The van der Waals surface area contributed by atoms with E-state index in [9.17, 15) is 0 Å². The molecular weight excluding hydrogens is 286 g/mol. The fourth-order valence-electron chi connectivity index (χ4n) is 2.48. The molecule has 0 aliphatic heterocycles. The monoisotopic (exact) mass is 307 g/mol. The van der Waals surface area contributed by atoms with Crippen molar-refractivity contribution >= 4 is 0 Å². The summed E-state index contributed by atoms with van der Waals surface area (Å²) in [5, 5.41) is 4.53. The average Bonchev–Trinajstić information content (AvgIpc) is 2.90. The lowest BCUT2D eigenvalue weighted by atomic mass is 10.2. The number of aromatic nitrogens is 3. The molecule has 0 aliphatic carbocycles. The predicted octanol–water partition coefficient (Wildman–Crippen LogP) is 4.09. The van der Waals surface area contributed by atoms with Gasteiger partial charge in [0.2, 0.25) is 0 Å². The average molecular weight is 307 g/mol. The van der Waals surface area contributed by atoms with Gasteiger partial charge in [-0.15, -0.1) is 0 Å². The minimum absolute atomic E-state index is 0.184. The second-order valence-electron chi connectivity index (χ2n) is 5.82. The van der Waals surface area contributed by atoms with Gasteiger partial charge in [-0.2, -0.15) is 5.10 Å². The van der Waals surface area contributed by atoms with E-state index in [1.54, 1.807) is 0 Å². The second kappa shape index (κ2) is 6.65. The Morgan fingerprint density at radius 1 is 1.00 bits per heavy atom. The van der Waals surface area contributed by atoms with Crippen molar-refractivity contribution in [2.24, 2.45) is 0 Å². The van der Waals surface area contributed by atoms with E-state index in [4.69, 9.17) is 4.74 Å². The largest absolute Gasteiger partial charge is 0.491 e. The van der Waals surface area contributed by atoms with E-state index in [1.807, 2.05) is 55.8 Å². The van der Waals surface area contributed by atoms with E-state index in [-0.39, 0.29) is 6.10 Å². The molecular formula is C19H21N3O. The number of benzene rings is 2. The van der Waals surface area contributed by atoms with Gasteiger partial charge in [-0.25, -0.2) is 9.67 Å². The van der Waals surface area contributed by atoms with E-state index >= 15 is 0 Å². The topological polar surface area (TPSA) is 39.9 Å². The molecule has 0 aliphatic rings. The van der Waals surface area contributed by atoms with Crippen LogP contribution in [0, 0.1) is 6.92 Å². The summed E-state index contributed by atoms with van der Waals surface area (Å²) in [6.45, 7) is 6.66. The molecule has 0 radical (unpaired) electrons. The number of ether oxygens (including phenoxy) is 1. The van der Waals surface area contributed by atoms with E-state index in [0.717, 1.165) is 23.0 Å². The number of hydrogen-bond donors (Lipinski definition) is 0. The molecule has 0 saturated carbocycles. The number of rotatable bonds is 5. The number of hydrogen-bond acceptors (Lipinski definition) is 3. The van der Waals surface area contributed by atoms with E-state index in [0.29, 0.717) is 6.54 Å². The Balaban J connectivity index is 1.83. The Bertz CT molecular complexity index is 761. The number of aryl methyl sites for hydroxylation is 1. The van der Waals surface area contributed by atoms with Gasteiger partial charge in [0.25, 0.3) is 0 Å². The lowest BCUT2D eigenvalue weighted by molar-refractivity contribution is 0.242. The molecule has 0 bridgehead atoms. The fourth-order valence-corrected chi connectivity index (χ4v) is 2.48. The maximum atomic E-state index is 5.68. The molecule has 0 unspecified atom stereocenters. The van der Waals surface area contributed by atoms with Gasteiger partial charge in [0.1, 0.15) is 11.6 Å². The Hall–Kier alpha value is -2.62. The molecule has 0 saturated heterocycles. The summed E-state index contributed by atoms with van der Waals surface area (Å²) in [4.78, 5) is 4.56. The maximum Gasteiger partial charge on any atom is 0.158 e. The van der Waals surface area contributed by atoms with Crippen LogP contribution in [-0.4, -0.2) is 20.9 Å². The van der Waals surface area contributed by atoms with Crippen LogP contribution in [0.3, 0.4) is 0 Å². The van der Waals surface area contributed by atoms with E-state index < -0.39 is 0 Å². The molecule has 4 nitrogen and oxygen atoms in total. The first-order valence-electron chi connectivity index (χ1n) is 7.84. The highest BCUT2D eigenvalue weighted by Gasteiger charge is 2.10. The molecule has 0 fully saturated rings. The van der Waals surface area contributed by atoms with Gasteiger partial charge in [-0.05, 0) is 38.5 Å². The molecule has 0 amide bonds. The van der Waals surface area contributed by atoms with Gasteiger partial charge in [0, 0.05) is 5.56 Å². The van der Waals surface area contributed by atoms with Gasteiger partial charge < -0.3 is 4.74 Å². The van der Waals surface area contributed by atoms with Gasteiger partial charge in [0.15, 0.2) is 5.82 Å². The molecule has 118 valence electrons. The second-order valence-corrected chi connectivity index (χ2v) is 5.82. The Morgan fingerprint density at radius 3 is 2.35 bits per heavy atom. The molecule has 4 heteroatoms. The van der Waals surface area contributed by atoms with Crippen molar-refractivity contribution in [2.75, 3.05) is 0 Å². The highest BCUT2D eigenvalue weighted by Crippen LogP contribution is 2.19. The first-order chi connectivity index (χ1) is 11.1. The zero-order chi connectivity index (χ0) is 16.2. The van der Waals surface area contributed by atoms with Gasteiger partial charge >= 0.3 is 0 Å². The van der Waals surface area contributed by atoms with Gasteiger partial charge in [0.05, 0.1) is 12.6 Å². The summed E-state index contributed by atoms with van der Waals surface area (Å²) in [6.07, 6.45) is 0.184. The number of nitrogens with zero attached hydrogens (tertiary/aromatic N) is 3. The highest BCUT2D eigenvalue weighted by atomic mass is 16.5. The molecule has 2 aromatic carbocycles. The van der Waals surface area contributed by atoms with Crippen LogP contribution in [0.4, 0.5) is 0 Å². The maximum absolute atomic E-state index is 5.68. The van der Waals surface area contributed by atoms with Crippen molar-refractivity contribution < 1.29 is 4.74 Å². The minimum Gasteiger partial charge on any atom is -0.491 e. The van der Waals surface area contributed by atoms with Crippen molar-refractivity contribution in [3.05, 3.63) is 66.0 Å². The summed E-state index contributed by atoms with van der Waals surface area (Å²) in [6, 6.07) is 18.3. The molecule has 0 N–H and O–H groups in total. The summed E-state index contributed by atoms with van der Waals surface area (Å²) in [5.41, 5.74) is 2.25. The normalized spacial score (nSPS) is 11.0. The van der Waals surface area contributed by atoms with E-state index in [2.05, 4.69) is 34.3 Å². The summed E-state index contributed by atoms with van der Waals surface area (Å²) in [5.74, 6) is 2.57. The first kappa shape index (κ1) is 15.3. The fraction of sp³-hybridized carbons (Fsp3) is 0.263. The van der Waals surface area contributed by atoms with Crippen LogP contribution in [0.1, 0.15) is 25.2 Å². The zero-order valence-electron chi connectivity index (χ0n) is 13.7. The minimum atomic E-state index is 0.184. The summed E-state index contributed by atoms with van der Waals surface area (Å²) in [7, 11) is 0. The standard InChI is InChI=1S/C19H21N3O/c1-14(2)23-18-11-9-16(10-12-18)13-22-19(20-15(3)21-22)17-7-5-4-6-8-17/h4-12,14H,13H2,1-3H3. The van der Waals surface area contributed by atoms with Crippen LogP contribution in [0.25, 0.3) is 11.4 Å². The lowest BCUT2D eigenvalue weighted by Crippen LogP contribution is -2.06. The third-order valence-electron chi connectivity index (χ3n) is 3.44. The van der Waals surface area contributed by atoms with Gasteiger partial charge in [-0.3, -0.25) is 0 Å². The van der Waals surface area contributed by atoms with Crippen LogP contribution < -0.4 is 4.74 Å². The third-order valence-corrected chi connectivity index (χ3v) is 3.44. The molecule has 0 spiro atoms. The molecule has 3 aromatic rings. The van der Waals surface area contributed by atoms with Crippen LogP contribution in [0.15, 0.2) is 54.6 Å². The van der Waals surface area contributed by atoms with E-state index in [1.165, 1.54) is 5.56 Å². The van der Waals surface area contributed by atoms with Crippen molar-refractivity contribution in [3.63, 3.8) is 0 Å². The predicted molar refractivity (Wildman–Crippen MR) is 91.5 cm³/mol. The van der Waals surface area contributed by atoms with Crippen LogP contribution in [0.2, 0.25) is 0 Å². The molecule has 1 heterocycles. The van der Waals surface area contributed by atoms with Crippen molar-refractivity contribution in [3.8, 4) is 17.1 Å². The summed E-state index contributed by atoms with van der Waals surface area (Å²) < 4.78 is 7.63. The van der Waals surface area contributed by atoms with Crippen molar-refractivity contribution in [1.82, 2.24) is 14.8 Å². The zero-order valence-corrected chi connectivity index (χ0v) is 13.7. The smallest absolute Gasteiger partial charge is 0.158 e. The van der Waals surface area contributed by atoms with Crippen LogP contribution >= 0.6 is 0 Å². The Morgan fingerprint density at radius 2 is 1.70 bits per heavy atom. The molecule has 23 heavy (non-hydrogen) atoms. The molecule has 3 rings (SSSR count). The Kier molecular flexibility index (Phi) is 4.42. The quantitative estimate of drug-likeness (QED) is 0.713. The Labute approximate surface area is 136 Å². The SMILES string of the molecule is Cc1nc(-c2ccccc2)n(Cc2ccc(OC(C)C)cc2)n1. The van der Waals surface area contributed by atoms with Crippen molar-refractivity contribution in [1.29, 1.82) is 0 Å². The molecule has 0 atom stereocenters. The molecule has 1 aromatic heterocycles. The third kappa shape index (κ3) is 3.77.